The van der Waals surface area contributed by atoms with Crippen molar-refractivity contribution in [3.8, 4) is 0 Å². The van der Waals surface area contributed by atoms with Crippen molar-refractivity contribution in [3.63, 3.8) is 0 Å². The van der Waals surface area contributed by atoms with E-state index in [1.54, 1.807) is 6.92 Å². The number of carbonyl (C=O) groups is 3. The normalized spacial score (nSPS) is 10.7. The molecule has 0 aliphatic rings. The lowest BCUT2D eigenvalue weighted by Gasteiger charge is -2.03. The molecule has 2 N–H and O–H groups in total. The Hall–Kier alpha value is -3.27. The van der Waals surface area contributed by atoms with Gasteiger partial charge < -0.3 is 15.2 Å². The number of carboxylic acids is 1. The number of nitrogens with zero attached hydrogens (tertiary/aromatic N) is 2. The fraction of sp³-hybridized carbons (Fsp3) is 0.125. The van der Waals surface area contributed by atoms with Gasteiger partial charge in [0.2, 0.25) is 0 Å². The number of amides is 1. The quantitative estimate of drug-likeness (QED) is 0.722. The van der Waals surface area contributed by atoms with E-state index in [2.05, 4.69) is 10.4 Å². The van der Waals surface area contributed by atoms with Crippen molar-refractivity contribution in [2.24, 2.45) is 0 Å². The fourth-order valence-electron chi connectivity index (χ4n) is 2.19. The number of thiophene rings is 1. The van der Waals surface area contributed by atoms with E-state index < -0.39 is 23.8 Å². The molecule has 10 heteroatoms. The number of aromatic carboxylic acids is 1. The molecule has 0 saturated heterocycles. The molecular weight excluding hydrogens is 365 g/mol. The van der Waals surface area contributed by atoms with Crippen LogP contribution in [0.25, 0.3) is 10.2 Å². The maximum atomic E-state index is 13.0. The second kappa shape index (κ2) is 6.92. The zero-order valence-electron chi connectivity index (χ0n) is 13.4. The van der Waals surface area contributed by atoms with Gasteiger partial charge in [-0.15, -0.1) is 16.4 Å². The third kappa shape index (κ3) is 3.26. The molecule has 2 aromatic heterocycles. The van der Waals surface area contributed by atoms with Crippen LogP contribution < -0.4 is 5.32 Å². The highest BCUT2D eigenvalue weighted by atomic mass is 32.1. The van der Waals surface area contributed by atoms with Gasteiger partial charge in [-0.3, -0.25) is 4.79 Å². The number of benzene rings is 1. The Bertz CT molecular complexity index is 1010. The molecule has 26 heavy (non-hydrogen) atoms. The summed E-state index contributed by atoms with van der Waals surface area (Å²) in [6.45, 7) is 1.72. The number of carbonyl (C=O) groups excluding carboxylic acids is 2. The smallest absolute Gasteiger partial charge is 0.436 e. The van der Waals surface area contributed by atoms with Gasteiger partial charge in [-0.25, -0.2) is 14.0 Å². The molecule has 8 nitrogen and oxygen atoms in total. The van der Waals surface area contributed by atoms with Gasteiger partial charge in [-0.05, 0) is 37.3 Å². The number of halogens is 1. The third-order valence-electron chi connectivity index (χ3n) is 3.35. The van der Waals surface area contributed by atoms with Crippen molar-refractivity contribution in [3.05, 3.63) is 46.6 Å². The molecule has 0 aliphatic heterocycles. The van der Waals surface area contributed by atoms with E-state index in [4.69, 9.17) is 9.84 Å². The van der Waals surface area contributed by atoms with Gasteiger partial charge in [0, 0.05) is 5.56 Å². The van der Waals surface area contributed by atoms with Crippen LogP contribution in [-0.4, -0.2) is 39.5 Å². The van der Waals surface area contributed by atoms with Crippen molar-refractivity contribution in [2.45, 2.75) is 6.92 Å². The van der Waals surface area contributed by atoms with E-state index in [1.807, 2.05) is 0 Å². The second-order valence-electron chi connectivity index (χ2n) is 5.05. The van der Waals surface area contributed by atoms with E-state index in [-0.39, 0.29) is 33.1 Å². The van der Waals surface area contributed by atoms with Gasteiger partial charge in [0.25, 0.3) is 5.91 Å². The summed E-state index contributed by atoms with van der Waals surface area (Å²) in [7, 11) is 0. The lowest BCUT2D eigenvalue weighted by Crippen LogP contribution is -2.16. The number of rotatable bonds is 4. The number of aromatic nitrogens is 2. The van der Waals surface area contributed by atoms with Gasteiger partial charge in [0.05, 0.1) is 12.0 Å². The van der Waals surface area contributed by atoms with Crippen LogP contribution in [0.15, 0.2) is 30.3 Å². The summed E-state index contributed by atoms with van der Waals surface area (Å²) >= 11 is 0.831. The number of ether oxygens (including phenoxy) is 1. The van der Waals surface area contributed by atoms with Crippen LogP contribution in [-0.2, 0) is 4.74 Å². The fourth-order valence-corrected chi connectivity index (χ4v) is 3.13. The molecule has 1 aromatic carbocycles. The van der Waals surface area contributed by atoms with Crippen LogP contribution in [0, 0.1) is 5.82 Å². The Morgan fingerprint density at radius 3 is 2.62 bits per heavy atom. The maximum Gasteiger partial charge on any atom is 0.436 e. The van der Waals surface area contributed by atoms with Crippen molar-refractivity contribution in [2.75, 3.05) is 11.9 Å². The molecule has 0 spiro atoms. The van der Waals surface area contributed by atoms with Gasteiger partial charge in [-0.2, -0.15) is 4.68 Å². The summed E-state index contributed by atoms with van der Waals surface area (Å²) in [6, 6.07) is 6.16. The zero-order valence-corrected chi connectivity index (χ0v) is 14.2. The van der Waals surface area contributed by atoms with Crippen LogP contribution in [0.4, 0.5) is 15.0 Å². The maximum absolute atomic E-state index is 13.0. The van der Waals surface area contributed by atoms with Crippen LogP contribution in [0.3, 0.4) is 0 Å². The summed E-state index contributed by atoms with van der Waals surface area (Å²) in [5, 5.41) is 16.0. The summed E-state index contributed by atoms with van der Waals surface area (Å²) < 4.78 is 18.8. The molecule has 1 amide bonds. The number of carboxylic acid groups (broad SMARTS) is 1. The molecule has 0 bridgehead atoms. The highest BCUT2D eigenvalue weighted by Crippen LogP contribution is 2.32. The standard InChI is InChI=1S/C16H12FN3O5S/c1-2-25-16(24)20-14-10(7-11(26-14)15(22)23)12(19-20)18-13(21)8-3-5-9(17)6-4-8/h3-7H,2H2,1H3,(H,22,23)(H,18,19,21). The number of hydrogen-bond acceptors (Lipinski definition) is 6. The lowest BCUT2D eigenvalue weighted by atomic mass is 10.2. The molecule has 3 aromatic rings. The Morgan fingerprint density at radius 1 is 1.31 bits per heavy atom. The molecule has 3 rings (SSSR count). The summed E-state index contributed by atoms with van der Waals surface area (Å²) in [4.78, 5) is 35.7. The van der Waals surface area contributed by atoms with E-state index in [0.29, 0.717) is 0 Å². The van der Waals surface area contributed by atoms with Gasteiger partial charge in [0.1, 0.15) is 15.5 Å². The molecular formula is C16H12FN3O5S. The molecule has 0 aliphatic carbocycles. The average Bonchev–Trinajstić information content (AvgIpc) is 3.16. The van der Waals surface area contributed by atoms with Crippen LogP contribution >= 0.6 is 11.3 Å². The minimum absolute atomic E-state index is 0.00567. The lowest BCUT2D eigenvalue weighted by molar-refractivity contribution is 0.0702. The molecule has 0 unspecified atom stereocenters. The first-order valence-electron chi connectivity index (χ1n) is 7.40. The van der Waals surface area contributed by atoms with Gasteiger partial charge in [-0.1, -0.05) is 0 Å². The van der Waals surface area contributed by atoms with Crippen molar-refractivity contribution in [1.29, 1.82) is 0 Å². The molecule has 0 atom stereocenters. The SMILES string of the molecule is CCOC(=O)n1nc(NC(=O)c2ccc(F)cc2)c2cc(C(=O)O)sc21. The van der Waals surface area contributed by atoms with Crippen molar-refractivity contribution >= 4 is 45.3 Å². The number of nitrogens with one attached hydrogen (secondary N) is 1. The highest BCUT2D eigenvalue weighted by Gasteiger charge is 2.23. The monoisotopic (exact) mass is 377 g/mol. The predicted molar refractivity (Wildman–Crippen MR) is 91.3 cm³/mol. The van der Waals surface area contributed by atoms with Crippen LogP contribution in [0.5, 0.6) is 0 Å². The van der Waals surface area contributed by atoms with Crippen LogP contribution in [0.2, 0.25) is 0 Å². The van der Waals surface area contributed by atoms with E-state index in [0.717, 1.165) is 28.2 Å². The zero-order chi connectivity index (χ0) is 18.8. The summed E-state index contributed by atoms with van der Waals surface area (Å²) in [5.74, 6) is -2.23. The average molecular weight is 377 g/mol. The Labute approximate surface area is 149 Å². The molecule has 0 radical (unpaired) electrons. The number of anilines is 1. The van der Waals surface area contributed by atoms with E-state index in [1.165, 1.54) is 18.2 Å². The second-order valence-corrected chi connectivity index (χ2v) is 6.09. The summed E-state index contributed by atoms with van der Waals surface area (Å²) in [5.41, 5.74) is 0.180. The number of hydrogen-bond donors (Lipinski definition) is 2. The first kappa shape index (κ1) is 17.5. The van der Waals surface area contributed by atoms with Gasteiger partial charge >= 0.3 is 12.1 Å². The molecule has 134 valence electrons. The minimum atomic E-state index is -1.17. The number of fused-ring (bicyclic) bond motifs is 1. The Balaban J connectivity index is 2.01. The summed E-state index contributed by atoms with van der Waals surface area (Å²) in [6.07, 6.45) is -0.793. The van der Waals surface area contributed by atoms with E-state index >= 15 is 0 Å². The van der Waals surface area contributed by atoms with Crippen molar-refractivity contribution < 1.29 is 28.6 Å². The first-order valence-corrected chi connectivity index (χ1v) is 8.22. The largest absolute Gasteiger partial charge is 0.477 e. The molecule has 2 heterocycles. The Morgan fingerprint density at radius 2 is 2.00 bits per heavy atom. The first-order chi connectivity index (χ1) is 12.4. The molecule has 0 fully saturated rings. The molecule has 0 saturated carbocycles. The minimum Gasteiger partial charge on any atom is -0.477 e. The van der Waals surface area contributed by atoms with Gasteiger partial charge in [0.15, 0.2) is 5.82 Å². The van der Waals surface area contributed by atoms with Crippen molar-refractivity contribution in [1.82, 2.24) is 9.78 Å². The van der Waals surface area contributed by atoms with E-state index in [9.17, 15) is 18.8 Å². The van der Waals surface area contributed by atoms with Crippen LogP contribution in [0.1, 0.15) is 27.0 Å². The Kier molecular flexibility index (Phi) is 4.67. The topological polar surface area (TPSA) is 111 Å². The predicted octanol–water partition coefficient (Wildman–Crippen LogP) is 3.19. The highest BCUT2D eigenvalue weighted by molar-refractivity contribution is 7.20. The third-order valence-corrected chi connectivity index (χ3v) is 4.45.